The first kappa shape index (κ1) is 11.2. The minimum atomic E-state index is 0.249. The predicted molar refractivity (Wildman–Crippen MR) is 63.0 cm³/mol. The van der Waals surface area contributed by atoms with Gasteiger partial charge in [0.1, 0.15) is 12.4 Å². The van der Waals surface area contributed by atoms with Crippen LogP contribution in [0.1, 0.15) is 29.7 Å². The first-order chi connectivity index (χ1) is 8.72. The van der Waals surface area contributed by atoms with Crippen LogP contribution in [-0.2, 0) is 11.3 Å². The van der Waals surface area contributed by atoms with Crippen molar-refractivity contribution in [3.8, 4) is 0 Å². The van der Waals surface area contributed by atoms with Crippen molar-refractivity contribution in [1.29, 1.82) is 0 Å². The average Bonchev–Trinajstić information content (AvgIpc) is 3.02. The molecule has 1 atom stereocenters. The van der Waals surface area contributed by atoms with E-state index in [1.807, 2.05) is 13.0 Å². The Morgan fingerprint density at radius 1 is 1.56 bits per heavy atom. The van der Waals surface area contributed by atoms with Gasteiger partial charge in [-0.3, -0.25) is 0 Å². The van der Waals surface area contributed by atoms with E-state index in [0.29, 0.717) is 30.7 Å². The molecule has 18 heavy (non-hydrogen) atoms. The summed E-state index contributed by atoms with van der Waals surface area (Å²) >= 11 is 0. The van der Waals surface area contributed by atoms with Gasteiger partial charge in [-0.1, -0.05) is 5.16 Å². The summed E-state index contributed by atoms with van der Waals surface area (Å²) in [5.74, 6) is 2.08. The fourth-order valence-corrected chi connectivity index (χ4v) is 2.06. The van der Waals surface area contributed by atoms with Gasteiger partial charge in [-0.25, -0.2) is 4.68 Å². The number of hydrogen-bond donors (Lipinski definition) is 1. The number of nitrogen functional groups attached to an aromatic ring is 1. The van der Waals surface area contributed by atoms with Crippen molar-refractivity contribution in [1.82, 2.24) is 19.9 Å². The van der Waals surface area contributed by atoms with E-state index in [1.165, 1.54) is 0 Å². The molecule has 0 aromatic carbocycles. The smallest absolute Gasteiger partial charge is 0.248 e. The molecule has 3 heterocycles. The minimum absolute atomic E-state index is 0.249. The molecule has 1 saturated heterocycles. The lowest BCUT2D eigenvalue weighted by molar-refractivity contribution is 0.192. The fourth-order valence-electron chi connectivity index (χ4n) is 2.06. The second kappa shape index (κ2) is 4.41. The van der Waals surface area contributed by atoms with E-state index in [-0.39, 0.29) is 5.92 Å². The maximum absolute atomic E-state index is 5.81. The number of aromatic nitrogens is 4. The number of nitrogens with zero attached hydrogens (tertiary/aromatic N) is 4. The molecule has 2 aromatic heterocycles. The third kappa shape index (κ3) is 2.08. The highest BCUT2D eigenvalue weighted by atomic mass is 16.5. The van der Waals surface area contributed by atoms with Gasteiger partial charge in [-0.2, -0.15) is 10.1 Å². The zero-order valence-electron chi connectivity index (χ0n) is 10.2. The molecule has 3 rings (SSSR count). The molecule has 0 saturated carbocycles. The second-order valence-corrected chi connectivity index (χ2v) is 4.48. The van der Waals surface area contributed by atoms with Crippen LogP contribution in [0, 0.1) is 6.92 Å². The van der Waals surface area contributed by atoms with Gasteiger partial charge >= 0.3 is 0 Å². The van der Waals surface area contributed by atoms with Crippen LogP contribution in [0.15, 0.2) is 10.6 Å². The lowest BCUT2D eigenvalue weighted by Crippen LogP contribution is -2.06. The quantitative estimate of drug-likeness (QED) is 0.861. The van der Waals surface area contributed by atoms with Gasteiger partial charge in [0.25, 0.3) is 0 Å². The Kier molecular flexibility index (Phi) is 2.75. The summed E-state index contributed by atoms with van der Waals surface area (Å²) in [4.78, 5) is 4.36. The van der Waals surface area contributed by atoms with Crippen molar-refractivity contribution in [2.75, 3.05) is 18.9 Å². The molecular weight excluding hydrogens is 234 g/mol. The van der Waals surface area contributed by atoms with E-state index in [2.05, 4.69) is 15.2 Å². The summed E-state index contributed by atoms with van der Waals surface area (Å²) in [6, 6.07) is 1.81. The summed E-state index contributed by atoms with van der Waals surface area (Å²) in [6.07, 6.45) is 0.946. The second-order valence-electron chi connectivity index (χ2n) is 4.48. The number of aryl methyl sites for hydroxylation is 1. The third-order valence-electron chi connectivity index (χ3n) is 3.00. The van der Waals surface area contributed by atoms with Crippen LogP contribution >= 0.6 is 0 Å². The molecule has 1 fully saturated rings. The fraction of sp³-hybridized carbons (Fsp3) is 0.545. The topological polar surface area (TPSA) is 92.0 Å². The zero-order valence-corrected chi connectivity index (χ0v) is 10.2. The summed E-state index contributed by atoms with van der Waals surface area (Å²) < 4.78 is 12.2. The van der Waals surface area contributed by atoms with Crippen LogP contribution in [-0.4, -0.2) is 33.1 Å². The number of anilines is 1. The van der Waals surface area contributed by atoms with E-state index in [0.717, 1.165) is 18.7 Å². The number of rotatable bonds is 3. The summed E-state index contributed by atoms with van der Waals surface area (Å²) in [7, 11) is 0. The normalized spacial score (nSPS) is 19.5. The Morgan fingerprint density at radius 2 is 2.44 bits per heavy atom. The van der Waals surface area contributed by atoms with Crippen molar-refractivity contribution in [3.05, 3.63) is 23.5 Å². The Bertz CT molecular complexity index is 541. The first-order valence-electron chi connectivity index (χ1n) is 5.92. The molecule has 0 aliphatic carbocycles. The minimum Gasteiger partial charge on any atom is -0.384 e. The molecule has 1 aliphatic heterocycles. The standard InChI is InChI=1S/C11H15N5O2/c1-7-4-9(12)16(14-7)5-10-13-11(15-18-10)8-2-3-17-6-8/h4,8H,2-3,5-6,12H2,1H3/t8-/m1/s1. The molecule has 0 unspecified atom stereocenters. The van der Waals surface area contributed by atoms with Gasteiger partial charge < -0.3 is 15.0 Å². The van der Waals surface area contributed by atoms with Gasteiger partial charge in [0.2, 0.25) is 5.89 Å². The highest BCUT2D eigenvalue weighted by Gasteiger charge is 2.23. The SMILES string of the molecule is Cc1cc(N)n(Cc2nc([C@@H]3CCOC3)no2)n1. The van der Waals surface area contributed by atoms with Crippen molar-refractivity contribution in [2.45, 2.75) is 25.8 Å². The van der Waals surface area contributed by atoms with Gasteiger partial charge in [0.05, 0.1) is 12.3 Å². The van der Waals surface area contributed by atoms with Crippen molar-refractivity contribution in [2.24, 2.45) is 0 Å². The molecule has 0 spiro atoms. The lowest BCUT2D eigenvalue weighted by atomic mass is 10.1. The first-order valence-corrected chi connectivity index (χ1v) is 5.92. The van der Waals surface area contributed by atoms with Crippen molar-refractivity contribution in [3.63, 3.8) is 0 Å². The molecule has 2 aromatic rings. The summed E-state index contributed by atoms with van der Waals surface area (Å²) in [6.45, 7) is 3.73. The lowest BCUT2D eigenvalue weighted by Gasteiger charge is -1.99. The predicted octanol–water partition coefficient (Wildman–Crippen LogP) is 0.709. The maximum Gasteiger partial charge on any atom is 0.248 e. The molecular formula is C11H15N5O2. The Labute approximate surface area is 104 Å². The largest absolute Gasteiger partial charge is 0.384 e. The van der Waals surface area contributed by atoms with Crippen LogP contribution in [0.5, 0.6) is 0 Å². The molecule has 0 amide bonds. The average molecular weight is 249 g/mol. The maximum atomic E-state index is 5.81. The molecule has 1 aliphatic rings. The van der Waals surface area contributed by atoms with Crippen molar-refractivity contribution >= 4 is 5.82 Å². The van der Waals surface area contributed by atoms with Gasteiger partial charge in [-0.05, 0) is 13.3 Å². The van der Waals surface area contributed by atoms with Crippen LogP contribution in [0.3, 0.4) is 0 Å². The number of ether oxygens (including phenoxy) is 1. The van der Waals surface area contributed by atoms with Gasteiger partial charge in [0, 0.05) is 18.6 Å². The van der Waals surface area contributed by atoms with E-state index in [1.54, 1.807) is 4.68 Å². The molecule has 7 heteroatoms. The highest BCUT2D eigenvalue weighted by Crippen LogP contribution is 2.22. The van der Waals surface area contributed by atoms with Crippen LogP contribution < -0.4 is 5.73 Å². The van der Waals surface area contributed by atoms with E-state index >= 15 is 0 Å². The van der Waals surface area contributed by atoms with Gasteiger partial charge in [0.15, 0.2) is 5.82 Å². The van der Waals surface area contributed by atoms with E-state index < -0.39 is 0 Å². The van der Waals surface area contributed by atoms with Crippen LogP contribution in [0.2, 0.25) is 0 Å². The zero-order chi connectivity index (χ0) is 12.5. The Morgan fingerprint density at radius 3 is 3.11 bits per heavy atom. The van der Waals surface area contributed by atoms with E-state index in [9.17, 15) is 0 Å². The van der Waals surface area contributed by atoms with Crippen LogP contribution in [0.25, 0.3) is 0 Å². The van der Waals surface area contributed by atoms with Gasteiger partial charge in [-0.15, -0.1) is 0 Å². The summed E-state index contributed by atoms with van der Waals surface area (Å²) in [5, 5.41) is 8.23. The molecule has 0 radical (unpaired) electrons. The molecule has 7 nitrogen and oxygen atoms in total. The number of hydrogen-bond acceptors (Lipinski definition) is 6. The molecule has 96 valence electrons. The molecule has 2 N–H and O–H groups in total. The Balaban J connectivity index is 1.75. The third-order valence-corrected chi connectivity index (χ3v) is 3.00. The number of nitrogens with two attached hydrogens (primary N) is 1. The van der Waals surface area contributed by atoms with E-state index in [4.69, 9.17) is 15.0 Å². The Hall–Kier alpha value is -1.89. The monoisotopic (exact) mass is 249 g/mol. The molecule has 0 bridgehead atoms. The summed E-state index contributed by atoms with van der Waals surface area (Å²) in [5.41, 5.74) is 6.68. The van der Waals surface area contributed by atoms with Crippen molar-refractivity contribution < 1.29 is 9.26 Å². The van der Waals surface area contributed by atoms with Crippen LogP contribution in [0.4, 0.5) is 5.82 Å². The highest BCUT2D eigenvalue weighted by molar-refractivity contribution is 5.30.